The van der Waals surface area contributed by atoms with Gasteiger partial charge < -0.3 is 10.1 Å². The van der Waals surface area contributed by atoms with Gasteiger partial charge in [0.2, 0.25) is 5.91 Å². The summed E-state index contributed by atoms with van der Waals surface area (Å²) < 4.78 is 6.32. The highest BCUT2D eigenvalue weighted by atomic mass is 79.9. The predicted molar refractivity (Wildman–Crippen MR) is 65.4 cm³/mol. The van der Waals surface area contributed by atoms with Crippen LogP contribution in [0.4, 0.5) is 0 Å². The fourth-order valence-electron chi connectivity index (χ4n) is 2.01. The van der Waals surface area contributed by atoms with Crippen molar-refractivity contribution in [1.82, 2.24) is 5.32 Å². The molecular formula is C12H14BrNO2. The fraction of sp³-hybridized carbons (Fsp3) is 0.417. The Hall–Kier alpha value is -1.03. The molecule has 3 nitrogen and oxygen atoms in total. The van der Waals surface area contributed by atoms with Gasteiger partial charge in [-0.25, -0.2) is 0 Å². The lowest BCUT2D eigenvalue weighted by Gasteiger charge is -2.25. The number of halogens is 1. The molecule has 1 aliphatic rings. The van der Waals surface area contributed by atoms with Gasteiger partial charge >= 0.3 is 0 Å². The molecule has 1 heterocycles. The standard InChI is InChI=1S/C12H14BrNO2/c1-16-11-7-8(13)5-6-9(11)10-3-2-4-12(15)14-10/h5-7,10H,2-4H2,1H3,(H,14,15)/t10-/m0/s1. The Morgan fingerprint density at radius 2 is 2.31 bits per heavy atom. The first-order chi connectivity index (χ1) is 7.70. The van der Waals surface area contributed by atoms with Crippen molar-refractivity contribution in [3.8, 4) is 5.75 Å². The monoisotopic (exact) mass is 283 g/mol. The molecular weight excluding hydrogens is 270 g/mol. The second-order valence-corrected chi connectivity index (χ2v) is 4.81. The highest BCUT2D eigenvalue weighted by Gasteiger charge is 2.22. The Morgan fingerprint density at radius 1 is 1.50 bits per heavy atom. The van der Waals surface area contributed by atoms with Crippen LogP contribution in [0.25, 0.3) is 0 Å². The number of hydrogen-bond acceptors (Lipinski definition) is 2. The number of piperidine rings is 1. The topological polar surface area (TPSA) is 38.3 Å². The van der Waals surface area contributed by atoms with E-state index in [4.69, 9.17) is 4.74 Å². The quantitative estimate of drug-likeness (QED) is 0.907. The molecule has 0 aliphatic carbocycles. The van der Waals surface area contributed by atoms with E-state index in [0.717, 1.165) is 28.6 Å². The molecule has 0 spiro atoms. The van der Waals surface area contributed by atoms with Gasteiger partial charge in [0.25, 0.3) is 0 Å². The molecule has 1 aliphatic heterocycles. The van der Waals surface area contributed by atoms with Gasteiger partial charge in [0.15, 0.2) is 0 Å². The van der Waals surface area contributed by atoms with E-state index < -0.39 is 0 Å². The van der Waals surface area contributed by atoms with E-state index in [1.54, 1.807) is 7.11 Å². The van der Waals surface area contributed by atoms with Crippen LogP contribution in [-0.4, -0.2) is 13.0 Å². The van der Waals surface area contributed by atoms with Crippen molar-refractivity contribution in [3.05, 3.63) is 28.2 Å². The minimum absolute atomic E-state index is 0.0873. The third-order valence-corrected chi connectivity index (χ3v) is 3.30. The summed E-state index contributed by atoms with van der Waals surface area (Å²) in [7, 11) is 1.65. The number of hydrogen-bond donors (Lipinski definition) is 1. The molecule has 1 aromatic rings. The smallest absolute Gasteiger partial charge is 0.220 e. The maximum atomic E-state index is 11.4. The SMILES string of the molecule is COc1cc(Br)ccc1[C@@H]1CCCC(=O)N1. The van der Waals surface area contributed by atoms with E-state index in [9.17, 15) is 4.79 Å². The molecule has 0 radical (unpaired) electrons. The van der Waals surface area contributed by atoms with Gasteiger partial charge in [-0.3, -0.25) is 4.79 Å². The van der Waals surface area contributed by atoms with Crippen LogP contribution in [0.15, 0.2) is 22.7 Å². The van der Waals surface area contributed by atoms with Gasteiger partial charge in [0.1, 0.15) is 5.75 Å². The van der Waals surface area contributed by atoms with Crippen molar-refractivity contribution in [2.45, 2.75) is 25.3 Å². The zero-order valence-corrected chi connectivity index (χ0v) is 10.7. The number of methoxy groups -OCH3 is 1. The van der Waals surface area contributed by atoms with Gasteiger partial charge in [-0.15, -0.1) is 0 Å². The van der Waals surface area contributed by atoms with E-state index in [1.165, 1.54) is 0 Å². The molecule has 2 rings (SSSR count). The molecule has 1 amide bonds. The third kappa shape index (κ3) is 2.38. The summed E-state index contributed by atoms with van der Waals surface area (Å²) in [6.45, 7) is 0. The molecule has 0 saturated carbocycles. The number of ether oxygens (including phenoxy) is 1. The van der Waals surface area contributed by atoms with Crippen molar-refractivity contribution in [1.29, 1.82) is 0 Å². The van der Waals surface area contributed by atoms with E-state index in [-0.39, 0.29) is 11.9 Å². The van der Waals surface area contributed by atoms with Crippen molar-refractivity contribution in [2.24, 2.45) is 0 Å². The summed E-state index contributed by atoms with van der Waals surface area (Å²) in [5, 5.41) is 2.99. The minimum Gasteiger partial charge on any atom is -0.496 e. The zero-order chi connectivity index (χ0) is 11.5. The Bertz CT molecular complexity index is 406. The normalized spacial score (nSPS) is 20.4. The average Bonchev–Trinajstić information content (AvgIpc) is 2.28. The van der Waals surface area contributed by atoms with E-state index in [1.807, 2.05) is 18.2 Å². The number of rotatable bonds is 2. The highest BCUT2D eigenvalue weighted by molar-refractivity contribution is 9.10. The average molecular weight is 284 g/mol. The molecule has 0 bridgehead atoms. The van der Waals surface area contributed by atoms with E-state index >= 15 is 0 Å². The predicted octanol–water partition coefficient (Wildman–Crippen LogP) is 2.80. The van der Waals surface area contributed by atoms with Gasteiger partial charge in [0, 0.05) is 16.5 Å². The van der Waals surface area contributed by atoms with E-state index in [2.05, 4.69) is 21.2 Å². The van der Waals surface area contributed by atoms with Crippen molar-refractivity contribution < 1.29 is 9.53 Å². The summed E-state index contributed by atoms with van der Waals surface area (Å²) in [6.07, 6.45) is 2.55. The number of nitrogens with one attached hydrogen (secondary N) is 1. The second-order valence-electron chi connectivity index (χ2n) is 3.90. The van der Waals surface area contributed by atoms with Gasteiger partial charge in [-0.1, -0.05) is 22.0 Å². The molecule has 1 atom stereocenters. The minimum atomic E-state index is 0.0873. The van der Waals surface area contributed by atoms with Crippen molar-refractivity contribution in [2.75, 3.05) is 7.11 Å². The molecule has 86 valence electrons. The van der Waals surface area contributed by atoms with Crippen LogP contribution in [-0.2, 0) is 4.79 Å². The second kappa shape index (κ2) is 4.87. The lowest BCUT2D eigenvalue weighted by Crippen LogP contribution is -2.32. The van der Waals surface area contributed by atoms with E-state index in [0.29, 0.717) is 6.42 Å². The summed E-state index contributed by atoms with van der Waals surface area (Å²) in [6, 6.07) is 5.98. The number of carbonyl (C=O) groups is 1. The summed E-state index contributed by atoms with van der Waals surface area (Å²) in [5.74, 6) is 0.947. The molecule has 0 unspecified atom stereocenters. The lowest BCUT2D eigenvalue weighted by atomic mass is 9.96. The van der Waals surface area contributed by atoms with Gasteiger partial charge in [0.05, 0.1) is 13.2 Å². The molecule has 0 aromatic heterocycles. The molecule has 4 heteroatoms. The first-order valence-electron chi connectivity index (χ1n) is 5.33. The van der Waals surface area contributed by atoms with Gasteiger partial charge in [-0.05, 0) is 25.0 Å². The Labute approximate surface area is 103 Å². The molecule has 1 saturated heterocycles. The summed E-state index contributed by atoms with van der Waals surface area (Å²) in [5.41, 5.74) is 1.05. The fourth-order valence-corrected chi connectivity index (χ4v) is 2.35. The molecule has 16 heavy (non-hydrogen) atoms. The van der Waals surface area contributed by atoms with Crippen LogP contribution in [0.2, 0.25) is 0 Å². The molecule has 1 fully saturated rings. The largest absolute Gasteiger partial charge is 0.496 e. The summed E-state index contributed by atoms with van der Waals surface area (Å²) in [4.78, 5) is 11.4. The molecule has 1 aromatic carbocycles. The van der Waals surface area contributed by atoms with Crippen LogP contribution in [0, 0.1) is 0 Å². The highest BCUT2D eigenvalue weighted by Crippen LogP contribution is 2.32. The van der Waals surface area contributed by atoms with Crippen molar-refractivity contribution >= 4 is 21.8 Å². The number of carbonyl (C=O) groups excluding carboxylic acids is 1. The van der Waals surface area contributed by atoms with Crippen LogP contribution in [0.3, 0.4) is 0 Å². The third-order valence-electron chi connectivity index (χ3n) is 2.80. The number of amides is 1. The Morgan fingerprint density at radius 3 is 3.00 bits per heavy atom. The Kier molecular flexibility index (Phi) is 3.49. The Balaban J connectivity index is 2.28. The van der Waals surface area contributed by atoms with Crippen molar-refractivity contribution in [3.63, 3.8) is 0 Å². The number of benzene rings is 1. The maximum absolute atomic E-state index is 11.4. The van der Waals surface area contributed by atoms with Gasteiger partial charge in [-0.2, -0.15) is 0 Å². The van der Waals surface area contributed by atoms with Crippen LogP contribution < -0.4 is 10.1 Å². The lowest BCUT2D eigenvalue weighted by molar-refractivity contribution is -0.123. The zero-order valence-electron chi connectivity index (χ0n) is 9.13. The first-order valence-corrected chi connectivity index (χ1v) is 6.13. The first kappa shape index (κ1) is 11.5. The maximum Gasteiger partial charge on any atom is 0.220 e. The van der Waals surface area contributed by atoms with Crippen LogP contribution in [0.1, 0.15) is 30.9 Å². The summed E-state index contributed by atoms with van der Waals surface area (Å²) >= 11 is 3.41. The van der Waals surface area contributed by atoms with Crippen LogP contribution >= 0.6 is 15.9 Å². The van der Waals surface area contributed by atoms with Crippen LogP contribution in [0.5, 0.6) is 5.75 Å². The molecule has 1 N–H and O–H groups in total.